The fraction of sp³-hybridized carbons (Fsp3) is 0.231. The van der Waals surface area contributed by atoms with E-state index in [2.05, 4.69) is 40.8 Å². The average molecular weight is 198 g/mol. The third kappa shape index (κ3) is 1.74. The summed E-state index contributed by atoms with van der Waals surface area (Å²) in [5, 5.41) is 1.23. The first-order chi connectivity index (χ1) is 7.36. The van der Waals surface area contributed by atoms with Crippen molar-refractivity contribution >= 4 is 10.9 Å². The fourth-order valence-electron chi connectivity index (χ4n) is 1.80. The van der Waals surface area contributed by atoms with Gasteiger partial charge in [0.1, 0.15) is 0 Å². The molecule has 0 saturated heterocycles. The number of nitrogens with two attached hydrogens (primary N) is 1. The van der Waals surface area contributed by atoms with Crippen LogP contribution in [-0.2, 0) is 13.1 Å². The number of para-hydroxylation sites is 1. The lowest BCUT2D eigenvalue weighted by Gasteiger charge is -2.05. The SMILES string of the molecule is CC#CCn1ccc2cccc(CN)c21. The van der Waals surface area contributed by atoms with Crippen LogP contribution >= 0.6 is 0 Å². The predicted molar refractivity (Wildman–Crippen MR) is 63.3 cm³/mol. The molecular formula is C13H14N2. The van der Waals surface area contributed by atoms with E-state index in [1.165, 1.54) is 16.5 Å². The molecule has 1 heterocycles. The lowest BCUT2D eigenvalue weighted by molar-refractivity contribution is 0.875. The molecule has 0 unspecified atom stereocenters. The van der Waals surface area contributed by atoms with Gasteiger partial charge in [-0.1, -0.05) is 24.1 Å². The van der Waals surface area contributed by atoms with Gasteiger partial charge < -0.3 is 10.3 Å². The molecule has 2 nitrogen and oxygen atoms in total. The van der Waals surface area contributed by atoms with Crippen LogP contribution < -0.4 is 5.73 Å². The minimum absolute atomic E-state index is 0.570. The molecule has 0 fully saturated rings. The zero-order valence-electron chi connectivity index (χ0n) is 8.83. The molecule has 0 spiro atoms. The summed E-state index contributed by atoms with van der Waals surface area (Å²) < 4.78 is 2.15. The number of rotatable bonds is 2. The predicted octanol–water partition coefficient (Wildman–Crippen LogP) is 2.12. The molecule has 0 amide bonds. The number of benzene rings is 1. The Kier molecular flexibility index (Phi) is 2.75. The Morgan fingerprint density at radius 3 is 2.93 bits per heavy atom. The summed E-state index contributed by atoms with van der Waals surface area (Å²) in [7, 11) is 0. The molecule has 15 heavy (non-hydrogen) atoms. The summed E-state index contributed by atoms with van der Waals surface area (Å²) in [4.78, 5) is 0. The Balaban J connectivity index is 2.58. The van der Waals surface area contributed by atoms with Gasteiger partial charge in [0, 0.05) is 12.7 Å². The van der Waals surface area contributed by atoms with Crippen molar-refractivity contribution in [3.05, 3.63) is 36.0 Å². The molecule has 76 valence electrons. The fourth-order valence-corrected chi connectivity index (χ4v) is 1.80. The van der Waals surface area contributed by atoms with Crippen molar-refractivity contribution < 1.29 is 0 Å². The largest absolute Gasteiger partial charge is 0.336 e. The van der Waals surface area contributed by atoms with Gasteiger partial charge in [-0.15, -0.1) is 5.92 Å². The summed E-state index contributed by atoms with van der Waals surface area (Å²) in [6.45, 7) is 3.16. The minimum Gasteiger partial charge on any atom is -0.336 e. The molecule has 0 radical (unpaired) electrons. The van der Waals surface area contributed by atoms with Crippen LogP contribution in [0.5, 0.6) is 0 Å². The molecule has 2 aromatic rings. The van der Waals surface area contributed by atoms with Gasteiger partial charge in [-0.25, -0.2) is 0 Å². The maximum atomic E-state index is 5.72. The first-order valence-electron chi connectivity index (χ1n) is 5.03. The van der Waals surface area contributed by atoms with Gasteiger partial charge in [-0.2, -0.15) is 0 Å². The van der Waals surface area contributed by atoms with E-state index in [0.717, 1.165) is 6.54 Å². The van der Waals surface area contributed by atoms with Crippen LogP contribution in [0.4, 0.5) is 0 Å². The number of aromatic nitrogens is 1. The first kappa shape index (κ1) is 9.82. The highest BCUT2D eigenvalue weighted by molar-refractivity contribution is 5.83. The normalized spacial score (nSPS) is 10.0. The molecule has 2 heteroatoms. The standard InChI is InChI=1S/C13H14N2/c1-2-3-8-15-9-7-11-5-4-6-12(10-14)13(11)15/h4-7,9H,8,10,14H2,1H3. The van der Waals surface area contributed by atoms with E-state index in [1.807, 2.05) is 13.0 Å². The zero-order chi connectivity index (χ0) is 10.7. The smallest absolute Gasteiger partial charge is 0.0837 e. The Morgan fingerprint density at radius 2 is 2.20 bits per heavy atom. The van der Waals surface area contributed by atoms with Crippen molar-refractivity contribution in [1.82, 2.24) is 4.57 Å². The highest BCUT2D eigenvalue weighted by Gasteiger charge is 2.03. The van der Waals surface area contributed by atoms with E-state index >= 15 is 0 Å². The van der Waals surface area contributed by atoms with Crippen molar-refractivity contribution in [3.63, 3.8) is 0 Å². The zero-order valence-corrected chi connectivity index (χ0v) is 8.83. The molecule has 0 aliphatic rings. The first-order valence-corrected chi connectivity index (χ1v) is 5.03. The third-order valence-corrected chi connectivity index (χ3v) is 2.52. The maximum absolute atomic E-state index is 5.72. The minimum atomic E-state index is 0.570. The van der Waals surface area contributed by atoms with Crippen molar-refractivity contribution in [3.8, 4) is 11.8 Å². The summed E-state index contributed by atoms with van der Waals surface area (Å²) in [6, 6.07) is 8.31. The molecule has 0 saturated carbocycles. The molecule has 0 aliphatic carbocycles. The van der Waals surface area contributed by atoms with Crippen LogP contribution in [0.3, 0.4) is 0 Å². The monoisotopic (exact) mass is 198 g/mol. The van der Waals surface area contributed by atoms with Crippen molar-refractivity contribution in [1.29, 1.82) is 0 Å². The third-order valence-electron chi connectivity index (χ3n) is 2.52. The highest BCUT2D eigenvalue weighted by atomic mass is 14.9. The van der Waals surface area contributed by atoms with Crippen LogP contribution in [0.25, 0.3) is 10.9 Å². The van der Waals surface area contributed by atoms with Crippen molar-refractivity contribution in [2.24, 2.45) is 5.73 Å². The lowest BCUT2D eigenvalue weighted by atomic mass is 10.1. The van der Waals surface area contributed by atoms with Gasteiger partial charge in [0.15, 0.2) is 0 Å². The van der Waals surface area contributed by atoms with Crippen LogP contribution in [0, 0.1) is 11.8 Å². The van der Waals surface area contributed by atoms with Crippen LogP contribution in [0.15, 0.2) is 30.5 Å². The highest BCUT2D eigenvalue weighted by Crippen LogP contribution is 2.19. The quantitative estimate of drug-likeness (QED) is 0.736. The van der Waals surface area contributed by atoms with E-state index < -0.39 is 0 Å². The van der Waals surface area contributed by atoms with E-state index in [0.29, 0.717) is 6.54 Å². The lowest BCUT2D eigenvalue weighted by Crippen LogP contribution is -2.01. The summed E-state index contributed by atoms with van der Waals surface area (Å²) in [6.07, 6.45) is 2.06. The van der Waals surface area contributed by atoms with Gasteiger partial charge in [-0.05, 0) is 23.9 Å². The molecule has 1 aromatic heterocycles. The Labute approximate surface area is 89.7 Å². The number of fused-ring (bicyclic) bond motifs is 1. The van der Waals surface area contributed by atoms with Crippen molar-refractivity contribution in [2.75, 3.05) is 0 Å². The van der Waals surface area contributed by atoms with Crippen LogP contribution in [0.2, 0.25) is 0 Å². The maximum Gasteiger partial charge on any atom is 0.0837 e. The molecule has 1 aromatic carbocycles. The second-order valence-corrected chi connectivity index (χ2v) is 3.43. The second kappa shape index (κ2) is 4.20. The molecule has 2 N–H and O–H groups in total. The molecule has 0 aliphatic heterocycles. The Morgan fingerprint density at radius 1 is 1.33 bits per heavy atom. The Bertz CT molecular complexity index is 526. The van der Waals surface area contributed by atoms with E-state index in [4.69, 9.17) is 5.73 Å². The van der Waals surface area contributed by atoms with E-state index in [9.17, 15) is 0 Å². The summed E-state index contributed by atoms with van der Waals surface area (Å²) in [5.74, 6) is 5.97. The van der Waals surface area contributed by atoms with E-state index in [1.54, 1.807) is 0 Å². The van der Waals surface area contributed by atoms with Gasteiger partial charge in [-0.3, -0.25) is 0 Å². The van der Waals surface area contributed by atoms with Crippen LogP contribution in [0.1, 0.15) is 12.5 Å². The average Bonchev–Trinajstić information content (AvgIpc) is 2.69. The second-order valence-electron chi connectivity index (χ2n) is 3.43. The topological polar surface area (TPSA) is 30.9 Å². The van der Waals surface area contributed by atoms with Gasteiger partial charge in [0.2, 0.25) is 0 Å². The summed E-state index contributed by atoms with van der Waals surface area (Å²) in [5.41, 5.74) is 8.11. The number of nitrogens with zero attached hydrogens (tertiary/aromatic N) is 1. The molecular weight excluding hydrogens is 184 g/mol. The van der Waals surface area contributed by atoms with Gasteiger partial charge in [0.25, 0.3) is 0 Å². The van der Waals surface area contributed by atoms with Gasteiger partial charge >= 0.3 is 0 Å². The Hall–Kier alpha value is -1.72. The number of hydrogen-bond donors (Lipinski definition) is 1. The van der Waals surface area contributed by atoms with Gasteiger partial charge in [0.05, 0.1) is 12.1 Å². The molecule has 0 bridgehead atoms. The number of hydrogen-bond acceptors (Lipinski definition) is 1. The van der Waals surface area contributed by atoms with Crippen LogP contribution in [-0.4, -0.2) is 4.57 Å². The molecule has 2 rings (SSSR count). The molecule has 0 atom stereocenters. The van der Waals surface area contributed by atoms with E-state index in [-0.39, 0.29) is 0 Å². The van der Waals surface area contributed by atoms with Crippen molar-refractivity contribution in [2.45, 2.75) is 20.0 Å². The summed E-state index contributed by atoms with van der Waals surface area (Å²) >= 11 is 0.